The highest BCUT2D eigenvalue weighted by atomic mass is 16.7. The summed E-state index contributed by atoms with van der Waals surface area (Å²) in [5, 5.41) is 0. The van der Waals surface area contributed by atoms with Crippen molar-refractivity contribution in [3.05, 3.63) is 23.8 Å². The van der Waals surface area contributed by atoms with Crippen LogP contribution in [-0.2, 0) is 11.3 Å². The van der Waals surface area contributed by atoms with Gasteiger partial charge in [0.1, 0.15) is 0 Å². The van der Waals surface area contributed by atoms with Crippen LogP contribution < -0.4 is 9.47 Å². The minimum Gasteiger partial charge on any atom is -0.454 e. The van der Waals surface area contributed by atoms with Gasteiger partial charge in [-0.05, 0) is 17.7 Å². The lowest BCUT2D eigenvalue weighted by molar-refractivity contribution is 0.174. The number of carbonyl (C=O) groups excluding carboxylic acids is 1. The Balaban J connectivity index is 2.25. The summed E-state index contributed by atoms with van der Waals surface area (Å²) in [4.78, 5) is 13.3. The number of ether oxygens (including phenoxy) is 2. The van der Waals surface area contributed by atoms with Gasteiger partial charge in [0.25, 0.3) is 0 Å². The maximum Gasteiger partial charge on any atom is 0.235 e. The first-order valence-electron chi connectivity index (χ1n) is 3.82. The third-order valence-electron chi connectivity index (χ3n) is 1.76. The second kappa shape index (κ2) is 3.29. The number of hydrogen-bond acceptors (Lipinski definition) is 4. The maximum absolute atomic E-state index is 9.86. The second-order valence-corrected chi connectivity index (χ2v) is 2.60. The second-order valence-electron chi connectivity index (χ2n) is 2.60. The molecule has 0 radical (unpaired) electrons. The van der Waals surface area contributed by atoms with Crippen molar-refractivity contribution in [1.29, 1.82) is 0 Å². The van der Waals surface area contributed by atoms with Gasteiger partial charge in [-0.2, -0.15) is 0 Å². The molecule has 0 fully saturated rings. The summed E-state index contributed by atoms with van der Waals surface area (Å²) in [7, 11) is 0. The van der Waals surface area contributed by atoms with Gasteiger partial charge >= 0.3 is 0 Å². The fourth-order valence-corrected chi connectivity index (χ4v) is 1.16. The van der Waals surface area contributed by atoms with Crippen LogP contribution in [0.25, 0.3) is 0 Å². The molecular weight excluding hydrogens is 170 g/mol. The number of aliphatic imine (C=N–C) groups is 1. The number of nitrogens with zero attached hydrogens (tertiary/aromatic N) is 1. The Morgan fingerprint density at radius 2 is 2.23 bits per heavy atom. The van der Waals surface area contributed by atoms with Crippen molar-refractivity contribution in [3.63, 3.8) is 0 Å². The molecule has 0 N–H and O–H groups in total. The van der Waals surface area contributed by atoms with E-state index in [9.17, 15) is 4.79 Å². The van der Waals surface area contributed by atoms with Gasteiger partial charge < -0.3 is 9.47 Å². The van der Waals surface area contributed by atoms with E-state index in [1.807, 2.05) is 12.1 Å². The van der Waals surface area contributed by atoms with Crippen molar-refractivity contribution in [2.75, 3.05) is 6.79 Å². The minimum absolute atomic E-state index is 0.260. The Labute approximate surface area is 74.8 Å². The largest absolute Gasteiger partial charge is 0.454 e. The molecule has 2 rings (SSSR count). The zero-order valence-corrected chi connectivity index (χ0v) is 6.82. The van der Waals surface area contributed by atoms with E-state index >= 15 is 0 Å². The molecule has 0 saturated heterocycles. The highest BCUT2D eigenvalue weighted by molar-refractivity contribution is 5.45. The van der Waals surface area contributed by atoms with Crippen LogP contribution >= 0.6 is 0 Å². The Bertz CT molecular complexity index is 369. The molecule has 66 valence electrons. The molecule has 1 heterocycles. The summed E-state index contributed by atoms with van der Waals surface area (Å²) in [6, 6.07) is 5.45. The molecule has 1 aliphatic rings. The molecular formula is C9H7NO3. The fraction of sp³-hybridized carbons (Fsp3) is 0.222. The summed E-state index contributed by atoms with van der Waals surface area (Å²) in [6.07, 6.45) is 1.49. The van der Waals surface area contributed by atoms with Crippen LogP contribution in [0.4, 0.5) is 0 Å². The number of rotatable bonds is 2. The van der Waals surface area contributed by atoms with Crippen molar-refractivity contribution in [2.24, 2.45) is 4.99 Å². The zero-order chi connectivity index (χ0) is 9.10. The lowest BCUT2D eigenvalue weighted by Gasteiger charge is -1.97. The molecule has 1 aromatic rings. The van der Waals surface area contributed by atoms with Gasteiger partial charge in [-0.3, -0.25) is 0 Å². The van der Waals surface area contributed by atoms with Crippen molar-refractivity contribution in [3.8, 4) is 11.5 Å². The molecule has 4 nitrogen and oxygen atoms in total. The standard InChI is InChI=1S/C9H7NO3/c11-5-10-4-7-1-2-8-9(3-7)13-6-12-8/h1-3H,4,6H2. The van der Waals surface area contributed by atoms with Gasteiger partial charge in [-0.25, -0.2) is 9.79 Å². The summed E-state index contributed by atoms with van der Waals surface area (Å²) >= 11 is 0. The molecule has 1 aromatic carbocycles. The van der Waals surface area contributed by atoms with E-state index in [1.54, 1.807) is 6.07 Å². The quantitative estimate of drug-likeness (QED) is 0.504. The summed E-state index contributed by atoms with van der Waals surface area (Å²) in [6.45, 7) is 0.593. The third-order valence-corrected chi connectivity index (χ3v) is 1.76. The highest BCUT2D eigenvalue weighted by Crippen LogP contribution is 2.32. The average Bonchev–Trinajstić information content (AvgIpc) is 2.61. The summed E-state index contributed by atoms with van der Waals surface area (Å²) < 4.78 is 10.3. The minimum atomic E-state index is 0.260. The lowest BCUT2D eigenvalue weighted by atomic mass is 10.2. The number of fused-ring (bicyclic) bond motifs is 1. The van der Waals surface area contributed by atoms with Gasteiger partial charge in [0.05, 0.1) is 6.54 Å². The first-order valence-corrected chi connectivity index (χ1v) is 3.82. The van der Waals surface area contributed by atoms with Crippen LogP contribution in [0.15, 0.2) is 23.2 Å². The summed E-state index contributed by atoms with van der Waals surface area (Å²) in [5.41, 5.74) is 0.910. The highest BCUT2D eigenvalue weighted by Gasteiger charge is 2.12. The van der Waals surface area contributed by atoms with E-state index in [4.69, 9.17) is 9.47 Å². The Morgan fingerprint density at radius 3 is 3.08 bits per heavy atom. The molecule has 0 aliphatic carbocycles. The molecule has 0 unspecified atom stereocenters. The van der Waals surface area contributed by atoms with Crippen LogP contribution in [0.2, 0.25) is 0 Å². The lowest BCUT2D eigenvalue weighted by Crippen LogP contribution is -1.92. The van der Waals surface area contributed by atoms with E-state index in [0.717, 1.165) is 11.3 Å². The van der Waals surface area contributed by atoms with Gasteiger partial charge in [-0.1, -0.05) is 6.07 Å². The number of isocyanates is 1. The van der Waals surface area contributed by atoms with Gasteiger partial charge in [0.2, 0.25) is 12.9 Å². The van der Waals surface area contributed by atoms with Crippen molar-refractivity contribution in [1.82, 2.24) is 0 Å². The normalized spacial score (nSPS) is 12.3. The predicted octanol–water partition coefficient (Wildman–Crippen LogP) is 1.25. The van der Waals surface area contributed by atoms with E-state index in [-0.39, 0.29) is 6.79 Å². The van der Waals surface area contributed by atoms with E-state index in [2.05, 4.69) is 4.99 Å². The number of benzene rings is 1. The molecule has 4 heteroatoms. The average molecular weight is 177 g/mol. The van der Waals surface area contributed by atoms with Gasteiger partial charge in [-0.15, -0.1) is 0 Å². The van der Waals surface area contributed by atoms with E-state index in [0.29, 0.717) is 12.3 Å². The van der Waals surface area contributed by atoms with Crippen LogP contribution in [0.1, 0.15) is 5.56 Å². The Kier molecular flexibility index (Phi) is 1.98. The summed E-state index contributed by atoms with van der Waals surface area (Å²) in [5.74, 6) is 1.44. The molecule has 1 aliphatic heterocycles. The fourth-order valence-electron chi connectivity index (χ4n) is 1.16. The SMILES string of the molecule is O=C=NCc1ccc2c(c1)OCO2. The van der Waals surface area contributed by atoms with E-state index in [1.165, 1.54) is 6.08 Å². The molecule has 13 heavy (non-hydrogen) atoms. The molecule has 0 amide bonds. The first kappa shape index (κ1) is 7.83. The maximum atomic E-state index is 9.86. The smallest absolute Gasteiger partial charge is 0.235 e. The van der Waals surface area contributed by atoms with Crippen molar-refractivity contribution < 1.29 is 14.3 Å². The predicted molar refractivity (Wildman–Crippen MR) is 44.4 cm³/mol. The first-order chi connectivity index (χ1) is 6.40. The van der Waals surface area contributed by atoms with Crippen LogP contribution in [0.3, 0.4) is 0 Å². The molecule has 0 aromatic heterocycles. The van der Waals surface area contributed by atoms with Gasteiger partial charge in [0.15, 0.2) is 11.5 Å². The number of hydrogen-bond donors (Lipinski definition) is 0. The third kappa shape index (κ3) is 1.53. The topological polar surface area (TPSA) is 47.9 Å². The Hall–Kier alpha value is -1.80. The Morgan fingerprint density at radius 1 is 1.38 bits per heavy atom. The molecule has 0 spiro atoms. The van der Waals surface area contributed by atoms with Crippen molar-refractivity contribution >= 4 is 6.08 Å². The van der Waals surface area contributed by atoms with E-state index < -0.39 is 0 Å². The van der Waals surface area contributed by atoms with Crippen molar-refractivity contribution in [2.45, 2.75) is 6.54 Å². The van der Waals surface area contributed by atoms with Crippen LogP contribution in [-0.4, -0.2) is 12.9 Å². The van der Waals surface area contributed by atoms with Gasteiger partial charge in [0, 0.05) is 0 Å². The zero-order valence-electron chi connectivity index (χ0n) is 6.82. The molecule has 0 bridgehead atoms. The monoisotopic (exact) mass is 177 g/mol. The molecule has 0 saturated carbocycles. The van der Waals surface area contributed by atoms with Crippen LogP contribution in [0.5, 0.6) is 11.5 Å². The molecule has 0 atom stereocenters. The van der Waals surface area contributed by atoms with Crippen LogP contribution in [0, 0.1) is 0 Å².